The van der Waals surface area contributed by atoms with E-state index in [1.807, 2.05) is 0 Å². The zero-order valence-electron chi connectivity index (χ0n) is 16.0. The van der Waals surface area contributed by atoms with Gasteiger partial charge in [0.15, 0.2) is 16.9 Å². The molecule has 0 saturated heterocycles. The number of nitrogens with one attached hydrogen (secondary N) is 2. The first kappa shape index (κ1) is 20.7. The van der Waals surface area contributed by atoms with E-state index in [-0.39, 0.29) is 17.6 Å². The molecule has 1 fully saturated rings. The first-order valence-corrected chi connectivity index (χ1v) is 10.5. The monoisotopic (exact) mass is 381 g/mol. The molecule has 1 heterocycles. The van der Waals surface area contributed by atoms with Crippen molar-refractivity contribution in [2.45, 2.75) is 77.9 Å². The lowest BCUT2D eigenvalue weighted by Crippen LogP contribution is -2.41. The van der Waals surface area contributed by atoms with Crippen LogP contribution >= 0.6 is 11.3 Å². The number of ether oxygens (including phenoxy) is 1. The van der Waals surface area contributed by atoms with E-state index in [2.05, 4.69) is 29.5 Å². The summed E-state index contributed by atoms with van der Waals surface area (Å²) >= 11 is 1.37. The summed E-state index contributed by atoms with van der Waals surface area (Å²) in [6.07, 6.45) is 6.98. The molecule has 26 heavy (non-hydrogen) atoms. The molecule has 0 aliphatic heterocycles. The van der Waals surface area contributed by atoms with Crippen molar-refractivity contribution in [3.8, 4) is 0 Å². The molecule has 1 atom stereocenters. The van der Waals surface area contributed by atoms with E-state index >= 15 is 0 Å². The van der Waals surface area contributed by atoms with Gasteiger partial charge in [-0.05, 0) is 32.1 Å². The van der Waals surface area contributed by atoms with Crippen LogP contribution in [0.5, 0.6) is 0 Å². The number of aromatic nitrogens is 1. The Morgan fingerprint density at radius 3 is 2.58 bits per heavy atom. The van der Waals surface area contributed by atoms with Gasteiger partial charge in [0.25, 0.3) is 5.91 Å². The third-order valence-corrected chi connectivity index (χ3v) is 5.37. The van der Waals surface area contributed by atoms with Crippen LogP contribution in [0.15, 0.2) is 5.38 Å². The molecular formula is C19H31N3O3S. The Morgan fingerprint density at radius 2 is 1.92 bits per heavy atom. The summed E-state index contributed by atoms with van der Waals surface area (Å²) in [5.41, 5.74) is 0.246. The second kappa shape index (κ2) is 10.5. The van der Waals surface area contributed by atoms with Gasteiger partial charge < -0.3 is 15.4 Å². The summed E-state index contributed by atoms with van der Waals surface area (Å²) < 4.78 is 5.29. The maximum Gasteiger partial charge on any atom is 0.358 e. The lowest BCUT2D eigenvalue weighted by Gasteiger charge is -2.19. The highest BCUT2D eigenvalue weighted by atomic mass is 32.1. The van der Waals surface area contributed by atoms with Crippen molar-refractivity contribution >= 4 is 28.3 Å². The molecule has 0 spiro atoms. The van der Waals surface area contributed by atoms with Crippen molar-refractivity contribution in [1.29, 1.82) is 0 Å². The van der Waals surface area contributed by atoms with Crippen LogP contribution < -0.4 is 10.6 Å². The van der Waals surface area contributed by atoms with Gasteiger partial charge in [0.05, 0.1) is 0 Å². The van der Waals surface area contributed by atoms with Crippen molar-refractivity contribution in [2.24, 2.45) is 5.92 Å². The zero-order chi connectivity index (χ0) is 18.9. The number of hydrogen-bond acceptors (Lipinski definition) is 6. The molecule has 1 aliphatic carbocycles. The molecule has 0 radical (unpaired) electrons. The molecule has 7 heteroatoms. The summed E-state index contributed by atoms with van der Waals surface area (Å²) in [6, 6.07) is 0.196. The third-order valence-electron chi connectivity index (χ3n) is 4.57. The zero-order valence-corrected chi connectivity index (χ0v) is 16.9. The van der Waals surface area contributed by atoms with Crippen LogP contribution in [0.1, 0.15) is 76.2 Å². The second-order valence-electron chi connectivity index (χ2n) is 7.39. The number of carbonyl (C=O) groups excluding carboxylic acids is 2. The van der Waals surface area contributed by atoms with Crippen molar-refractivity contribution in [1.82, 2.24) is 10.3 Å². The molecule has 1 amide bonds. The summed E-state index contributed by atoms with van der Waals surface area (Å²) in [7, 11) is 0. The van der Waals surface area contributed by atoms with Gasteiger partial charge in [-0.25, -0.2) is 9.78 Å². The van der Waals surface area contributed by atoms with E-state index in [1.54, 1.807) is 12.3 Å². The molecule has 0 unspecified atom stereocenters. The number of hydrogen-bond donors (Lipinski definition) is 2. The van der Waals surface area contributed by atoms with Crippen LogP contribution in [0.2, 0.25) is 0 Å². The Kier molecular flexibility index (Phi) is 8.35. The molecule has 1 aromatic heterocycles. The Hall–Kier alpha value is -1.63. The number of anilines is 1. The van der Waals surface area contributed by atoms with Crippen LogP contribution in [0.4, 0.5) is 5.13 Å². The number of nitrogens with zero attached hydrogens (tertiary/aromatic N) is 1. The Labute approximate surface area is 160 Å². The molecule has 1 aromatic rings. The number of esters is 1. The SMILES string of the molecule is CC(C)CCNc1nc(C(=O)O[C@@H](C)C(=O)NC2CCCCCC2)cs1. The van der Waals surface area contributed by atoms with Gasteiger partial charge >= 0.3 is 5.97 Å². The van der Waals surface area contributed by atoms with Crippen LogP contribution in [0, 0.1) is 5.92 Å². The van der Waals surface area contributed by atoms with Gasteiger partial charge in [0.1, 0.15) is 0 Å². The fraction of sp³-hybridized carbons (Fsp3) is 0.737. The standard InChI is InChI=1S/C19H31N3O3S/c1-13(2)10-11-20-19-22-16(12-26-19)18(24)25-14(3)17(23)21-15-8-6-4-5-7-9-15/h12-15H,4-11H2,1-3H3,(H,20,22)(H,21,23)/t14-/m0/s1. The first-order chi connectivity index (χ1) is 12.5. The molecule has 0 aromatic carbocycles. The Bertz CT molecular complexity index is 580. The fourth-order valence-corrected chi connectivity index (χ4v) is 3.64. The highest BCUT2D eigenvalue weighted by Crippen LogP contribution is 2.19. The normalized spacial score (nSPS) is 16.8. The molecule has 0 bridgehead atoms. The average molecular weight is 382 g/mol. The number of thiazole rings is 1. The topological polar surface area (TPSA) is 80.3 Å². The van der Waals surface area contributed by atoms with Crippen LogP contribution in [0.25, 0.3) is 0 Å². The van der Waals surface area contributed by atoms with E-state index in [0.29, 0.717) is 11.0 Å². The van der Waals surface area contributed by atoms with Gasteiger partial charge in [-0.3, -0.25) is 4.79 Å². The summed E-state index contributed by atoms with van der Waals surface area (Å²) in [4.78, 5) is 28.7. The average Bonchev–Trinajstić information content (AvgIpc) is 2.91. The minimum absolute atomic E-state index is 0.196. The fourth-order valence-electron chi connectivity index (χ4n) is 2.93. The van der Waals surface area contributed by atoms with E-state index in [0.717, 1.165) is 38.6 Å². The quantitative estimate of drug-likeness (QED) is 0.526. The van der Waals surface area contributed by atoms with Crippen molar-refractivity contribution in [3.05, 3.63) is 11.1 Å². The van der Waals surface area contributed by atoms with Crippen LogP contribution in [-0.2, 0) is 9.53 Å². The first-order valence-electron chi connectivity index (χ1n) is 9.66. The van der Waals surface area contributed by atoms with Gasteiger partial charge in [-0.1, -0.05) is 39.5 Å². The number of rotatable bonds is 8. The number of amides is 1. The maximum absolute atomic E-state index is 12.3. The van der Waals surface area contributed by atoms with E-state index in [1.165, 1.54) is 24.2 Å². The third kappa shape index (κ3) is 6.94. The maximum atomic E-state index is 12.3. The minimum atomic E-state index is -0.815. The second-order valence-corrected chi connectivity index (χ2v) is 8.25. The predicted molar refractivity (Wildman–Crippen MR) is 105 cm³/mol. The largest absolute Gasteiger partial charge is 0.448 e. The smallest absolute Gasteiger partial charge is 0.358 e. The van der Waals surface area contributed by atoms with Gasteiger partial charge in [-0.15, -0.1) is 11.3 Å². The van der Waals surface area contributed by atoms with Crippen molar-refractivity contribution in [3.63, 3.8) is 0 Å². The number of carbonyl (C=O) groups is 2. The van der Waals surface area contributed by atoms with Crippen molar-refractivity contribution < 1.29 is 14.3 Å². The molecular weight excluding hydrogens is 350 g/mol. The van der Waals surface area contributed by atoms with E-state index in [9.17, 15) is 9.59 Å². The highest BCUT2D eigenvalue weighted by molar-refractivity contribution is 7.13. The molecule has 1 aliphatic rings. The Morgan fingerprint density at radius 1 is 1.23 bits per heavy atom. The van der Waals surface area contributed by atoms with Crippen LogP contribution in [0.3, 0.4) is 0 Å². The lowest BCUT2D eigenvalue weighted by atomic mass is 10.1. The molecule has 2 rings (SSSR count). The molecule has 6 nitrogen and oxygen atoms in total. The highest BCUT2D eigenvalue weighted by Gasteiger charge is 2.23. The summed E-state index contributed by atoms with van der Waals surface area (Å²) in [5, 5.41) is 8.59. The van der Waals surface area contributed by atoms with Gasteiger partial charge in [-0.2, -0.15) is 0 Å². The Balaban J connectivity index is 1.78. The lowest BCUT2D eigenvalue weighted by molar-refractivity contribution is -0.129. The van der Waals surface area contributed by atoms with E-state index < -0.39 is 12.1 Å². The predicted octanol–water partition coefficient (Wildman–Crippen LogP) is 3.99. The molecule has 146 valence electrons. The van der Waals surface area contributed by atoms with Gasteiger partial charge in [0.2, 0.25) is 0 Å². The molecule has 2 N–H and O–H groups in total. The van der Waals surface area contributed by atoms with Crippen molar-refractivity contribution in [2.75, 3.05) is 11.9 Å². The van der Waals surface area contributed by atoms with Crippen LogP contribution in [-0.4, -0.2) is 35.6 Å². The summed E-state index contributed by atoms with van der Waals surface area (Å²) in [5.74, 6) is -0.169. The minimum Gasteiger partial charge on any atom is -0.448 e. The van der Waals surface area contributed by atoms with Gasteiger partial charge in [0, 0.05) is 18.0 Å². The van der Waals surface area contributed by atoms with E-state index in [4.69, 9.17) is 4.74 Å². The summed E-state index contributed by atoms with van der Waals surface area (Å²) in [6.45, 7) is 6.75. The molecule has 1 saturated carbocycles.